The number of allylic oxidation sites excluding steroid dienone is 1. The maximum Gasteiger partial charge on any atom is 0.315 e. The van der Waals surface area contributed by atoms with Gasteiger partial charge in [-0.2, -0.15) is 0 Å². The van der Waals surface area contributed by atoms with Crippen molar-refractivity contribution in [2.75, 3.05) is 26.8 Å². The molecule has 128 valence electrons. The maximum atomic E-state index is 12.4. The van der Waals surface area contributed by atoms with Crippen LogP contribution < -0.4 is 9.47 Å². The predicted molar refractivity (Wildman–Crippen MR) is 88.1 cm³/mol. The molecule has 3 saturated heterocycles. The highest BCUT2D eigenvalue weighted by molar-refractivity contribution is 6.02. The Morgan fingerprint density at radius 3 is 2.62 bits per heavy atom. The molecule has 0 atom stereocenters. The number of rotatable bonds is 5. The lowest BCUT2D eigenvalue weighted by molar-refractivity contribution is -0.385. The van der Waals surface area contributed by atoms with Crippen LogP contribution >= 0.6 is 0 Å². The number of nitro benzene ring substituents is 1. The molecule has 1 aromatic rings. The van der Waals surface area contributed by atoms with Crippen LogP contribution in [0.25, 0.3) is 6.08 Å². The van der Waals surface area contributed by atoms with Crippen molar-refractivity contribution in [1.29, 1.82) is 0 Å². The highest BCUT2D eigenvalue weighted by Crippen LogP contribution is 2.40. The van der Waals surface area contributed by atoms with Crippen molar-refractivity contribution in [3.63, 3.8) is 0 Å². The second-order valence-electron chi connectivity index (χ2n) is 5.92. The van der Waals surface area contributed by atoms with Gasteiger partial charge in [0.05, 0.1) is 24.3 Å². The van der Waals surface area contributed by atoms with Gasteiger partial charge < -0.3 is 14.4 Å². The zero-order chi connectivity index (χ0) is 17.3. The molecule has 3 fully saturated rings. The molecule has 0 N–H and O–H groups in total. The van der Waals surface area contributed by atoms with Crippen molar-refractivity contribution < 1.29 is 19.2 Å². The van der Waals surface area contributed by atoms with Gasteiger partial charge in [-0.15, -0.1) is 0 Å². The van der Waals surface area contributed by atoms with Gasteiger partial charge >= 0.3 is 5.69 Å². The molecule has 3 aliphatic heterocycles. The first-order chi connectivity index (χ1) is 11.5. The molecule has 0 aromatic heterocycles. The van der Waals surface area contributed by atoms with Crippen molar-refractivity contribution in [2.45, 2.75) is 19.8 Å². The second-order valence-corrected chi connectivity index (χ2v) is 5.92. The summed E-state index contributed by atoms with van der Waals surface area (Å²) >= 11 is 0. The fourth-order valence-electron chi connectivity index (χ4n) is 3.34. The fraction of sp³-hybridized carbons (Fsp3) is 0.471. The third kappa shape index (κ3) is 2.81. The summed E-state index contributed by atoms with van der Waals surface area (Å²) < 4.78 is 10.6. The van der Waals surface area contributed by atoms with Gasteiger partial charge in [-0.1, -0.05) is 0 Å². The number of hydrogen-bond donors (Lipinski definition) is 0. The van der Waals surface area contributed by atoms with Gasteiger partial charge in [0.2, 0.25) is 5.75 Å². The Kier molecular flexibility index (Phi) is 4.42. The average molecular weight is 332 g/mol. The Labute approximate surface area is 140 Å². The standard InChI is InChI=1S/C17H20N2O5/c1-3-24-17-14(19(21)22)9-11(10-15(17)23-2)8-13-16(20)12-4-6-18(13)7-5-12/h8-10,12H,3-7H2,1-2H3/b13-8-. The van der Waals surface area contributed by atoms with Gasteiger partial charge in [-0.25, -0.2) is 0 Å². The van der Waals surface area contributed by atoms with Crippen LogP contribution in [-0.4, -0.2) is 42.4 Å². The number of carbonyl (C=O) groups is 1. The Bertz CT molecular complexity index is 705. The molecule has 0 radical (unpaired) electrons. The van der Waals surface area contributed by atoms with Gasteiger partial charge in [0.25, 0.3) is 0 Å². The summed E-state index contributed by atoms with van der Waals surface area (Å²) in [5, 5.41) is 11.4. The topological polar surface area (TPSA) is 81.9 Å². The molecular weight excluding hydrogens is 312 g/mol. The molecule has 3 heterocycles. The minimum Gasteiger partial charge on any atom is -0.493 e. The Balaban J connectivity index is 2.05. The van der Waals surface area contributed by atoms with Crippen LogP contribution in [0.4, 0.5) is 5.69 Å². The van der Waals surface area contributed by atoms with E-state index in [0.717, 1.165) is 25.9 Å². The molecule has 4 rings (SSSR count). The number of benzene rings is 1. The Hall–Kier alpha value is -2.57. The van der Waals surface area contributed by atoms with Crippen molar-refractivity contribution in [2.24, 2.45) is 5.92 Å². The SMILES string of the molecule is CCOc1c(OC)cc(/C=C2/C(=O)C3CCN2CC3)cc1[N+](=O)[O-]. The molecule has 2 bridgehead atoms. The van der Waals surface area contributed by atoms with Gasteiger partial charge in [0.15, 0.2) is 11.5 Å². The fourth-order valence-corrected chi connectivity index (χ4v) is 3.34. The second kappa shape index (κ2) is 6.51. The number of ketones is 1. The van der Waals surface area contributed by atoms with Crippen LogP contribution in [-0.2, 0) is 4.79 Å². The first-order valence-corrected chi connectivity index (χ1v) is 8.05. The summed E-state index contributed by atoms with van der Waals surface area (Å²) in [7, 11) is 1.44. The summed E-state index contributed by atoms with van der Waals surface area (Å²) in [4.78, 5) is 25.4. The van der Waals surface area contributed by atoms with E-state index in [1.807, 2.05) is 0 Å². The van der Waals surface area contributed by atoms with Crippen LogP contribution in [0, 0.1) is 16.0 Å². The zero-order valence-corrected chi connectivity index (χ0v) is 13.8. The third-order valence-corrected chi connectivity index (χ3v) is 4.53. The first-order valence-electron chi connectivity index (χ1n) is 8.05. The van der Waals surface area contributed by atoms with E-state index in [1.54, 1.807) is 19.1 Å². The van der Waals surface area contributed by atoms with Crippen molar-refractivity contribution >= 4 is 17.5 Å². The molecule has 0 saturated carbocycles. The number of nitrogens with zero attached hydrogens (tertiary/aromatic N) is 2. The van der Waals surface area contributed by atoms with E-state index in [4.69, 9.17) is 9.47 Å². The Morgan fingerprint density at radius 1 is 1.38 bits per heavy atom. The van der Waals surface area contributed by atoms with Crippen molar-refractivity contribution in [3.8, 4) is 11.5 Å². The number of fused-ring (bicyclic) bond motifs is 3. The predicted octanol–water partition coefficient (Wildman–Crippen LogP) is 2.64. The maximum absolute atomic E-state index is 12.4. The lowest BCUT2D eigenvalue weighted by Gasteiger charge is -2.41. The molecule has 24 heavy (non-hydrogen) atoms. The van der Waals surface area contributed by atoms with E-state index < -0.39 is 4.92 Å². The number of nitro groups is 1. The average Bonchev–Trinajstić information content (AvgIpc) is 2.59. The summed E-state index contributed by atoms with van der Waals surface area (Å²) in [5.41, 5.74) is 1.04. The van der Waals surface area contributed by atoms with E-state index in [-0.39, 0.29) is 23.1 Å². The summed E-state index contributed by atoms with van der Waals surface area (Å²) in [6, 6.07) is 3.10. The quantitative estimate of drug-likeness (QED) is 0.468. The largest absolute Gasteiger partial charge is 0.493 e. The van der Waals surface area contributed by atoms with Gasteiger partial charge in [-0.3, -0.25) is 14.9 Å². The first kappa shape index (κ1) is 16.3. The van der Waals surface area contributed by atoms with Crippen LogP contribution in [0.5, 0.6) is 11.5 Å². The molecule has 0 spiro atoms. The molecule has 0 aliphatic carbocycles. The molecule has 3 aliphatic rings. The van der Waals surface area contributed by atoms with Gasteiger partial charge in [0, 0.05) is 25.1 Å². The third-order valence-electron chi connectivity index (χ3n) is 4.53. The number of ether oxygens (including phenoxy) is 2. The number of methoxy groups -OCH3 is 1. The van der Waals surface area contributed by atoms with Gasteiger partial charge in [0.1, 0.15) is 0 Å². The number of carbonyl (C=O) groups excluding carboxylic acids is 1. The highest BCUT2D eigenvalue weighted by atomic mass is 16.6. The van der Waals surface area contributed by atoms with Crippen molar-refractivity contribution in [1.82, 2.24) is 4.90 Å². The highest BCUT2D eigenvalue weighted by Gasteiger charge is 2.36. The monoisotopic (exact) mass is 332 g/mol. The molecule has 0 amide bonds. The minimum absolute atomic E-state index is 0.0841. The summed E-state index contributed by atoms with van der Waals surface area (Å²) in [5.74, 6) is 0.620. The van der Waals surface area contributed by atoms with E-state index in [1.165, 1.54) is 13.2 Å². The van der Waals surface area contributed by atoms with E-state index in [9.17, 15) is 14.9 Å². The molecule has 1 aromatic carbocycles. The number of piperidine rings is 3. The van der Waals surface area contributed by atoms with Gasteiger partial charge in [-0.05, 0) is 37.5 Å². The molecule has 7 heteroatoms. The van der Waals surface area contributed by atoms with E-state index in [2.05, 4.69) is 4.90 Å². The zero-order valence-electron chi connectivity index (χ0n) is 13.8. The lowest BCUT2D eigenvalue weighted by Crippen LogP contribution is -2.45. The summed E-state index contributed by atoms with van der Waals surface area (Å²) in [6.45, 7) is 3.77. The van der Waals surface area contributed by atoms with E-state index >= 15 is 0 Å². The number of Topliss-reactive ketones (excluding diaryl/α,β-unsaturated/α-hetero) is 1. The smallest absolute Gasteiger partial charge is 0.315 e. The van der Waals surface area contributed by atoms with Crippen LogP contribution in [0.2, 0.25) is 0 Å². The van der Waals surface area contributed by atoms with Crippen molar-refractivity contribution in [3.05, 3.63) is 33.5 Å². The Morgan fingerprint density at radius 2 is 2.08 bits per heavy atom. The molecular formula is C17H20N2O5. The minimum atomic E-state index is -0.495. The van der Waals surface area contributed by atoms with E-state index in [0.29, 0.717) is 23.6 Å². The lowest BCUT2D eigenvalue weighted by atomic mass is 9.84. The van der Waals surface area contributed by atoms with Crippen LogP contribution in [0.1, 0.15) is 25.3 Å². The molecule has 7 nitrogen and oxygen atoms in total. The normalized spacial score (nSPS) is 19.0. The number of hydrogen-bond acceptors (Lipinski definition) is 6. The van der Waals surface area contributed by atoms with Crippen LogP contribution in [0.15, 0.2) is 17.8 Å². The molecule has 0 unspecified atom stereocenters. The summed E-state index contributed by atoms with van der Waals surface area (Å²) in [6.07, 6.45) is 3.50. The van der Waals surface area contributed by atoms with Crippen LogP contribution in [0.3, 0.4) is 0 Å².